The molecule has 2 unspecified atom stereocenters. The summed E-state index contributed by atoms with van der Waals surface area (Å²) in [5.74, 6) is 0.180. The van der Waals surface area contributed by atoms with Gasteiger partial charge in [-0.2, -0.15) is 0 Å². The number of carbonyl (C=O) groups excluding carboxylic acids is 2. The molecule has 0 aliphatic rings. The highest BCUT2D eigenvalue weighted by molar-refractivity contribution is 14.1. The van der Waals surface area contributed by atoms with Gasteiger partial charge in [0.05, 0.1) is 0 Å². The molecule has 2 atom stereocenters. The number of hydrogen-bond acceptors (Lipinski definition) is 3. The largest absolute Gasteiger partial charge is 0.484 e. The van der Waals surface area contributed by atoms with E-state index in [0.717, 1.165) is 15.6 Å². The molecule has 0 saturated carbocycles. The van der Waals surface area contributed by atoms with Crippen molar-refractivity contribution in [2.24, 2.45) is 0 Å². The van der Waals surface area contributed by atoms with Crippen molar-refractivity contribution in [2.45, 2.75) is 52.2 Å². The second-order valence-corrected chi connectivity index (χ2v) is 8.75. The third-order valence-corrected chi connectivity index (χ3v) is 5.95. The van der Waals surface area contributed by atoms with E-state index in [4.69, 9.17) is 16.3 Å². The van der Waals surface area contributed by atoms with Crippen LogP contribution in [0.3, 0.4) is 0 Å². The molecule has 2 amide bonds. The maximum atomic E-state index is 13.1. The molecule has 162 valence electrons. The molecule has 0 aliphatic carbocycles. The van der Waals surface area contributed by atoms with Crippen LogP contribution in [0.5, 0.6) is 5.75 Å². The molecular weight excluding hydrogens is 515 g/mol. The van der Waals surface area contributed by atoms with Gasteiger partial charge in [-0.3, -0.25) is 9.59 Å². The molecule has 0 radical (unpaired) electrons. The Balaban J connectivity index is 2.21. The van der Waals surface area contributed by atoms with E-state index >= 15 is 0 Å². The molecular formula is C23H28ClIN2O3. The summed E-state index contributed by atoms with van der Waals surface area (Å²) in [6, 6.07) is 14.2. The monoisotopic (exact) mass is 542 g/mol. The van der Waals surface area contributed by atoms with Gasteiger partial charge in [0.1, 0.15) is 11.8 Å². The Morgan fingerprint density at radius 3 is 2.37 bits per heavy atom. The number of hydrogen-bond donors (Lipinski definition) is 1. The second-order valence-electron chi connectivity index (χ2n) is 7.10. The Morgan fingerprint density at radius 2 is 1.77 bits per heavy atom. The number of rotatable bonds is 10. The van der Waals surface area contributed by atoms with Crippen molar-refractivity contribution in [1.29, 1.82) is 0 Å². The van der Waals surface area contributed by atoms with E-state index in [0.29, 0.717) is 17.2 Å². The fraction of sp³-hybridized carbons (Fsp3) is 0.391. The van der Waals surface area contributed by atoms with Gasteiger partial charge in [0.15, 0.2) is 6.61 Å². The lowest BCUT2D eigenvalue weighted by Crippen LogP contribution is -2.51. The molecule has 7 heteroatoms. The van der Waals surface area contributed by atoms with Crippen LogP contribution in [0.4, 0.5) is 0 Å². The predicted octanol–water partition coefficient (Wildman–Crippen LogP) is 5.05. The van der Waals surface area contributed by atoms with Crippen LogP contribution in [-0.4, -0.2) is 35.4 Å². The van der Waals surface area contributed by atoms with Crippen molar-refractivity contribution in [1.82, 2.24) is 10.2 Å². The summed E-state index contributed by atoms with van der Waals surface area (Å²) in [7, 11) is 0. The SMILES string of the molecule is CCC(C)NC(=O)C(CC)N(Cc1ccccc1Cl)C(=O)COc1ccc(I)cc1. The topological polar surface area (TPSA) is 58.6 Å². The Morgan fingerprint density at radius 1 is 1.10 bits per heavy atom. The summed E-state index contributed by atoms with van der Waals surface area (Å²) in [5, 5.41) is 3.55. The molecule has 0 bridgehead atoms. The lowest BCUT2D eigenvalue weighted by Gasteiger charge is -2.31. The number of amides is 2. The fourth-order valence-corrected chi connectivity index (χ4v) is 3.48. The quantitative estimate of drug-likeness (QED) is 0.428. The van der Waals surface area contributed by atoms with Crippen LogP contribution in [-0.2, 0) is 16.1 Å². The molecule has 2 aromatic rings. The zero-order chi connectivity index (χ0) is 22.1. The molecule has 0 heterocycles. The first-order valence-corrected chi connectivity index (χ1v) is 11.5. The van der Waals surface area contributed by atoms with Gasteiger partial charge in [-0.25, -0.2) is 0 Å². The van der Waals surface area contributed by atoms with E-state index in [2.05, 4.69) is 27.9 Å². The normalized spacial score (nSPS) is 12.7. The third-order valence-electron chi connectivity index (χ3n) is 4.86. The fourth-order valence-electron chi connectivity index (χ4n) is 2.93. The van der Waals surface area contributed by atoms with Crippen molar-refractivity contribution in [3.63, 3.8) is 0 Å². The molecule has 2 rings (SSSR count). The minimum atomic E-state index is -0.608. The Hall–Kier alpha value is -1.80. The zero-order valence-electron chi connectivity index (χ0n) is 17.5. The summed E-state index contributed by atoms with van der Waals surface area (Å²) in [4.78, 5) is 27.6. The van der Waals surface area contributed by atoms with Gasteiger partial charge in [-0.1, -0.05) is 43.6 Å². The first kappa shape index (κ1) is 24.5. The first-order valence-electron chi connectivity index (χ1n) is 10.1. The molecule has 0 fully saturated rings. The Bertz CT molecular complexity index is 845. The van der Waals surface area contributed by atoms with Gasteiger partial charge in [-0.05, 0) is 78.3 Å². The van der Waals surface area contributed by atoms with E-state index in [1.54, 1.807) is 11.0 Å². The van der Waals surface area contributed by atoms with Crippen molar-refractivity contribution in [2.75, 3.05) is 6.61 Å². The average Bonchev–Trinajstić information content (AvgIpc) is 2.74. The number of ether oxygens (including phenoxy) is 1. The smallest absolute Gasteiger partial charge is 0.261 e. The van der Waals surface area contributed by atoms with Crippen LogP contribution in [0, 0.1) is 3.57 Å². The van der Waals surface area contributed by atoms with Crippen molar-refractivity contribution >= 4 is 46.0 Å². The molecule has 5 nitrogen and oxygen atoms in total. The van der Waals surface area contributed by atoms with Crippen molar-refractivity contribution < 1.29 is 14.3 Å². The van der Waals surface area contributed by atoms with Gasteiger partial charge in [0.25, 0.3) is 5.91 Å². The van der Waals surface area contributed by atoms with Crippen LogP contribution in [0.15, 0.2) is 48.5 Å². The summed E-state index contributed by atoms with van der Waals surface area (Å²) in [6.45, 7) is 5.94. The van der Waals surface area contributed by atoms with Crippen LogP contribution >= 0.6 is 34.2 Å². The highest BCUT2D eigenvalue weighted by atomic mass is 127. The summed E-state index contributed by atoms with van der Waals surface area (Å²) < 4.78 is 6.77. The maximum absolute atomic E-state index is 13.1. The number of nitrogens with zero attached hydrogens (tertiary/aromatic N) is 1. The van der Waals surface area contributed by atoms with Gasteiger partial charge in [0, 0.05) is 21.2 Å². The van der Waals surface area contributed by atoms with Crippen molar-refractivity contribution in [3.05, 3.63) is 62.7 Å². The van der Waals surface area contributed by atoms with Crippen LogP contribution in [0.25, 0.3) is 0 Å². The van der Waals surface area contributed by atoms with Crippen LogP contribution in [0.1, 0.15) is 39.2 Å². The van der Waals surface area contributed by atoms with Gasteiger partial charge in [-0.15, -0.1) is 0 Å². The van der Waals surface area contributed by atoms with Crippen molar-refractivity contribution in [3.8, 4) is 5.75 Å². The zero-order valence-corrected chi connectivity index (χ0v) is 20.4. The number of halogens is 2. The minimum Gasteiger partial charge on any atom is -0.484 e. The van der Waals surface area contributed by atoms with E-state index in [1.165, 1.54) is 0 Å². The molecule has 0 saturated heterocycles. The van der Waals surface area contributed by atoms with Gasteiger partial charge < -0.3 is 15.0 Å². The van der Waals surface area contributed by atoms with Crippen LogP contribution < -0.4 is 10.1 Å². The van der Waals surface area contributed by atoms with Gasteiger partial charge >= 0.3 is 0 Å². The molecule has 0 aliphatic heterocycles. The minimum absolute atomic E-state index is 0.0341. The molecule has 2 aromatic carbocycles. The lowest BCUT2D eigenvalue weighted by molar-refractivity contribution is -0.143. The number of nitrogens with one attached hydrogen (secondary N) is 1. The Kier molecular flexibility index (Phi) is 9.91. The standard InChI is InChI=1S/C23H28ClIN2O3/c1-4-16(3)26-23(29)21(5-2)27(14-17-8-6-7-9-20(17)24)22(28)15-30-19-12-10-18(25)11-13-19/h6-13,16,21H,4-5,14-15H2,1-3H3,(H,26,29). The summed E-state index contributed by atoms with van der Waals surface area (Å²) >= 11 is 8.53. The average molecular weight is 543 g/mol. The third kappa shape index (κ3) is 7.16. The maximum Gasteiger partial charge on any atom is 0.261 e. The first-order chi connectivity index (χ1) is 14.3. The van der Waals surface area contributed by atoms with Gasteiger partial charge in [0.2, 0.25) is 5.91 Å². The molecule has 1 N–H and O–H groups in total. The van der Waals surface area contributed by atoms with E-state index < -0.39 is 6.04 Å². The number of benzene rings is 2. The predicted molar refractivity (Wildman–Crippen MR) is 129 cm³/mol. The van der Waals surface area contributed by atoms with E-state index in [9.17, 15) is 9.59 Å². The summed E-state index contributed by atoms with van der Waals surface area (Å²) in [5.41, 5.74) is 0.788. The summed E-state index contributed by atoms with van der Waals surface area (Å²) in [6.07, 6.45) is 1.30. The molecule has 0 aromatic heterocycles. The van der Waals surface area contributed by atoms with Crippen LogP contribution in [0.2, 0.25) is 5.02 Å². The Labute approximate surface area is 197 Å². The number of carbonyl (C=O) groups is 2. The highest BCUT2D eigenvalue weighted by Crippen LogP contribution is 2.20. The van der Waals surface area contributed by atoms with E-state index in [1.807, 2.05) is 63.2 Å². The highest BCUT2D eigenvalue weighted by Gasteiger charge is 2.29. The lowest BCUT2D eigenvalue weighted by atomic mass is 10.1. The molecule has 30 heavy (non-hydrogen) atoms. The molecule has 0 spiro atoms. The van der Waals surface area contributed by atoms with E-state index in [-0.39, 0.29) is 31.0 Å². The second kappa shape index (κ2) is 12.2.